The molecule has 1 aromatic rings. The molecule has 0 aliphatic heterocycles. The van der Waals surface area contributed by atoms with E-state index in [0.29, 0.717) is 25.5 Å². The van der Waals surface area contributed by atoms with Crippen LogP contribution in [0.15, 0.2) is 35.3 Å². The molecule has 0 fully saturated rings. The van der Waals surface area contributed by atoms with Crippen molar-refractivity contribution in [1.82, 2.24) is 10.6 Å². The van der Waals surface area contributed by atoms with Crippen molar-refractivity contribution < 1.29 is 14.6 Å². The highest BCUT2D eigenvalue weighted by atomic mass is 16.5. The number of aliphatic hydroxyl groups is 1. The Morgan fingerprint density at radius 1 is 1.25 bits per heavy atom. The van der Waals surface area contributed by atoms with Gasteiger partial charge in [0, 0.05) is 19.6 Å². The minimum absolute atomic E-state index is 0.0983. The Hall–Kier alpha value is -2.08. The van der Waals surface area contributed by atoms with Gasteiger partial charge in [0.1, 0.15) is 0 Å². The summed E-state index contributed by atoms with van der Waals surface area (Å²) < 4.78 is 5.08. The van der Waals surface area contributed by atoms with Crippen molar-refractivity contribution >= 4 is 11.9 Å². The molecule has 6 nitrogen and oxygen atoms in total. The third-order valence-corrected chi connectivity index (χ3v) is 3.19. The molecule has 6 heteroatoms. The number of hydrogen-bond donors (Lipinski definition) is 3. The first-order valence-electron chi connectivity index (χ1n) is 8.47. The number of rotatable bonds is 9. The number of nitrogens with zero attached hydrogens (tertiary/aromatic N) is 1. The summed E-state index contributed by atoms with van der Waals surface area (Å²) in [4.78, 5) is 15.9. The van der Waals surface area contributed by atoms with Gasteiger partial charge in [-0.2, -0.15) is 0 Å². The van der Waals surface area contributed by atoms with Crippen molar-refractivity contribution in [3.05, 3.63) is 35.9 Å². The summed E-state index contributed by atoms with van der Waals surface area (Å²) in [5.41, 5.74) is 0.891. The second kappa shape index (κ2) is 11.5. The first-order valence-corrected chi connectivity index (χ1v) is 8.47. The van der Waals surface area contributed by atoms with Gasteiger partial charge in [0.25, 0.3) is 0 Å². The van der Waals surface area contributed by atoms with Gasteiger partial charge in [0.05, 0.1) is 18.6 Å². The topological polar surface area (TPSA) is 83.0 Å². The lowest BCUT2D eigenvalue weighted by Gasteiger charge is -2.13. The predicted molar refractivity (Wildman–Crippen MR) is 95.8 cm³/mol. The van der Waals surface area contributed by atoms with E-state index in [2.05, 4.69) is 15.6 Å². The number of benzene rings is 1. The predicted octanol–water partition coefficient (Wildman–Crippen LogP) is 2.01. The smallest absolute Gasteiger partial charge is 0.307 e. The summed E-state index contributed by atoms with van der Waals surface area (Å²) in [6, 6.07) is 9.54. The van der Waals surface area contributed by atoms with Crippen LogP contribution in [0.1, 0.15) is 45.3 Å². The van der Waals surface area contributed by atoms with E-state index in [0.717, 1.165) is 12.1 Å². The lowest BCUT2D eigenvalue weighted by Crippen LogP contribution is -2.38. The number of hydrogen-bond acceptors (Lipinski definition) is 4. The van der Waals surface area contributed by atoms with Crippen LogP contribution in [0.2, 0.25) is 0 Å². The van der Waals surface area contributed by atoms with E-state index in [-0.39, 0.29) is 18.5 Å². The SMILES string of the molecule is CCNC(=NCCC(O)c1ccccc1)NCCC(=O)OC(C)C. The van der Waals surface area contributed by atoms with E-state index < -0.39 is 6.10 Å². The fourth-order valence-corrected chi connectivity index (χ4v) is 2.09. The van der Waals surface area contributed by atoms with Crippen LogP contribution in [0, 0.1) is 0 Å². The summed E-state index contributed by atoms with van der Waals surface area (Å²) in [7, 11) is 0. The summed E-state index contributed by atoms with van der Waals surface area (Å²) in [5, 5.41) is 16.3. The fraction of sp³-hybridized carbons (Fsp3) is 0.556. The molecular formula is C18H29N3O3. The maximum Gasteiger partial charge on any atom is 0.307 e. The number of aliphatic hydroxyl groups excluding tert-OH is 1. The molecule has 1 atom stereocenters. The molecular weight excluding hydrogens is 306 g/mol. The number of esters is 1. The number of aliphatic imine (C=N–C) groups is 1. The maximum absolute atomic E-state index is 11.5. The number of nitrogens with one attached hydrogen (secondary N) is 2. The van der Waals surface area contributed by atoms with Gasteiger partial charge in [-0.1, -0.05) is 30.3 Å². The quantitative estimate of drug-likeness (QED) is 0.365. The normalized spacial score (nSPS) is 12.8. The van der Waals surface area contributed by atoms with Crippen molar-refractivity contribution in [1.29, 1.82) is 0 Å². The summed E-state index contributed by atoms with van der Waals surface area (Å²) >= 11 is 0. The third-order valence-electron chi connectivity index (χ3n) is 3.19. The number of carbonyl (C=O) groups is 1. The van der Waals surface area contributed by atoms with Crippen LogP contribution in [-0.4, -0.2) is 42.8 Å². The second-order valence-corrected chi connectivity index (χ2v) is 5.69. The fourth-order valence-electron chi connectivity index (χ4n) is 2.09. The standard InChI is InChI=1S/C18H29N3O3/c1-4-19-18(21-13-11-17(23)24-14(2)3)20-12-10-16(22)15-8-6-5-7-9-15/h5-9,14,16,22H,4,10-13H2,1-3H3,(H2,19,20,21). The van der Waals surface area contributed by atoms with E-state index >= 15 is 0 Å². The Morgan fingerprint density at radius 2 is 1.96 bits per heavy atom. The molecule has 0 heterocycles. The van der Waals surface area contributed by atoms with E-state index in [9.17, 15) is 9.90 Å². The molecule has 0 aliphatic rings. The van der Waals surface area contributed by atoms with Crippen LogP contribution in [0.4, 0.5) is 0 Å². The lowest BCUT2D eigenvalue weighted by molar-refractivity contribution is -0.147. The van der Waals surface area contributed by atoms with Gasteiger partial charge in [-0.25, -0.2) is 0 Å². The van der Waals surface area contributed by atoms with Crippen molar-refractivity contribution in [3.8, 4) is 0 Å². The molecule has 0 amide bonds. The van der Waals surface area contributed by atoms with Crippen molar-refractivity contribution in [2.45, 2.75) is 45.8 Å². The van der Waals surface area contributed by atoms with E-state index in [4.69, 9.17) is 4.74 Å². The first-order chi connectivity index (χ1) is 11.5. The Kier molecular flexibility index (Phi) is 9.53. The largest absolute Gasteiger partial charge is 0.463 e. The molecule has 1 aromatic carbocycles. The van der Waals surface area contributed by atoms with Gasteiger partial charge < -0.3 is 20.5 Å². The van der Waals surface area contributed by atoms with Gasteiger partial charge in [-0.05, 0) is 32.8 Å². The molecule has 0 saturated carbocycles. The van der Waals surface area contributed by atoms with Gasteiger partial charge in [0.2, 0.25) is 0 Å². The minimum Gasteiger partial charge on any atom is -0.463 e. The van der Waals surface area contributed by atoms with Crippen molar-refractivity contribution in [2.24, 2.45) is 4.99 Å². The van der Waals surface area contributed by atoms with E-state index in [1.807, 2.05) is 51.1 Å². The number of carbonyl (C=O) groups excluding carboxylic acids is 1. The van der Waals surface area contributed by atoms with Crippen LogP contribution < -0.4 is 10.6 Å². The van der Waals surface area contributed by atoms with E-state index in [1.54, 1.807) is 0 Å². The molecule has 1 rings (SSSR count). The maximum atomic E-state index is 11.5. The second-order valence-electron chi connectivity index (χ2n) is 5.69. The third kappa shape index (κ3) is 8.53. The Bertz CT molecular complexity index is 503. The van der Waals surface area contributed by atoms with Crippen LogP contribution in [0.3, 0.4) is 0 Å². The summed E-state index contributed by atoms with van der Waals surface area (Å²) in [6.07, 6.45) is 0.198. The molecule has 0 spiro atoms. The highest BCUT2D eigenvalue weighted by Crippen LogP contribution is 2.15. The molecule has 0 saturated heterocycles. The zero-order chi connectivity index (χ0) is 17.8. The van der Waals surface area contributed by atoms with Crippen LogP contribution in [0.25, 0.3) is 0 Å². The van der Waals surface area contributed by atoms with Gasteiger partial charge in [0.15, 0.2) is 5.96 Å². The monoisotopic (exact) mass is 335 g/mol. The average Bonchev–Trinajstić information content (AvgIpc) is 2.54. The van der Waals surface area contributed by atoms with Crippen molar-refractivity contribution in [3.63, 3.8) is 0 Å². The summed E-state index contributed by atoms with van der Waals surface area (Å²) in [6.45, 7) is 7.30. The molecule has 1 unspecified atom stereocenters. The zero-order valence-corrected chi connectivity index (χ0v) is 14.8. The first kappa shape index (κ1) is 20.0. The van der Waals surface area contributed by atoms with Crippen LogP contribution in [0.5, 0.6) is 0 Å². The van der Waals surface area contributed by atoms with Crippen molar-refractivity contribution in [2.75, 3.05) is 19.6 Å². The van der Waals surface area contributed by atoms with E-state index in [1.165, 1.54) is 0 Å². The van der Waals surface area contributed by atoms with Crippen LogP contribution in [-0.2, 0) is 9.53 Å². The highest BCUT2D eigenvalue weighted by Gasteiger charge is 2.07. The molecule has 0 radical (unpaired) electrons. The van der Waals surface area contributed by atoms with Gasteiger partial charge in [-0.3, -0.25) is 9.79 Å². The van der Waals surface area contributed by atoms with Crippen LogP contribution >= 0.6 is 0 Å². The lowest BCUT2D eigenvalue weighted by atomic mass is 10.1. The zero-order valence-electron chi connectivity index (χ0n) is 14.8. The Morgan fingerprint density at radius 3 is 2.58 bits per heavy atom. The molecule has 24 heavy (non-hydrogen) atoms. The minimum atomic E-state index is -0.529. The molecule has 3 N–H and O–H groups in total. The van der Waals surface area contributed by atoms with Gasteiger partial charge >= 0.3 is 5.97 Å². The summed E-state index contributed by atoms with van der Waals surface area (Å²) in [5.74, 6) is 0.406. The average molecular weight is 335 g/mol. The number of ether oxygens (including phenoxy) is 1. The molecule has 0 aliphatic carbocycles. The Balaban J connectivity index is 2.38. The molecule has 0 bridgehead atoms. The molecule has 134 valence electrons. The molecule has 0 aromatic heterocycles. The Labute approximate surface area is 144 Å². The highest BCUT2D eigenvalue weighted by molar-refractivity contribution is 5.80. The number of guanidine groups is 1. The van der Waals surface area contributed by atoms with Gasteiger partial charge in [-0.15, -0.1) is 0 Å².